The van der Waals surface area contributed by atoms with Gasteiger partial charge in [-0.3, -0.25) is 9.59 Å². The number of hydrogen-bond acceptors (Lipinski definition) is 5. The minimum atomic E-state index is -0.905. The minimum absolute atomic E-state index is 0.0235. The third-order valence-corrected chi connectivity index (χ3v) is 5.92. The molecule has 7 nitrogen and oxygen atoms in total. The van der Waals surface area contributed by atoms with Crippen LogP contribution in [0, 0.1) is 17.1 Å². The van der Waals surface area contributed by atoms with E-state index in [9.17, 15) is 24.3 Å². The van der Waals surface area contributed by atoms with Crippen molar-refractivity contribution in [3.05, 3.63) is 112 Å². The Hall–Kier alpha value is -4.74. The standard InChI is InChI=1S/C28H20ClFN4O3/c29-24-13-19(9-12-26(24)35)28(37)34-32-16-20-6-5-18(22-3-1-2-4-23(20)22)14-27(36)33-25(15-31)17-7-10-21(30)11-8-17/h1-13,16,25,35H,14H2,(H,33,36)(H,34,37)/b32-16+. The highest BCUT2D eigenvalue weighted by Crippen LogP contribution is 2.24. The number of halogens is 2. The Bertz CT molecular complexity index is 1550. The van der Waals surface area contributed by atoms with E-state index in [0.717, 1.165) is 16.3 Å². The molecule has 0 aliphatic rings. The number of nitriles is 1. The van der Waals surface area contributed by atoms with E-state index in [1.165, 1.54) is 48.7 Å². The molecule has 0 radical (unpaired) electrons. The zero-order valence-electron chi connectivity index (χ0n) is 19.3. The number of fused-ring (bicyclic) bond motifs is 1. The Kier molecular flexibility index (Phi) is 7.77. The molecule has 0 saturated carbocycles. The van der Waals surface area contributed by atoms with Crippen molar-refractivity contribution in [3.63, 3.8) is 0 Å². The number of phenolic OH excluding ortho intramolecular Hbond substituents is 1. The fraction of sp³-hybridized carbons (Fsp3) is 0.0714. The first-order valence-corrected chi connectivity index (χ1v) is 11.5. The van der Waals surface area contributed by atoms with Gasteiger partial charge < -0.3 is 10.4 Å². The number of aromatic hydroxyl groups is 1. The first-order chi connectivity index (χ1) is 17.9. The van der Waals surface area contributed by atoms with Gasteiger partial charge in [0.25, 0.3) is 5.91 Å². The summed E-state index contributed by atoms with van der Waals surface area (Å²) in [5.41, 5.74) is 4.61. The third-order valence-electron chi connectivity index (χ3n) is 5.62. The number of benzene rings is 4. The van der Waals surface area contributed by atoms with E-state index in [0.29, 0.717) is 11.1 Å². The molecule has 0 bridgehead atoms. The van der Waals surface area contributed by atoms with E-state index in [-0.39, 0.29) is 28.7 Å². The molecule has 4 aromatic carbocycles. The van der Waals surface area contributed by atoms with Crippen LogP contribution in [0.15, 0.2) is 84.0 Å². The van der Waals surface area contributed by atoms with Crippen LogP contribution in [0.5, 0.6) is 5.75 Å². The largest absolute Gasteiger partial charge is 0.506 e. The van der Waals surface area contributed by atoms with Crippen molar-refractivity contribution in [1.29, 1.82) is 5.26 Å². The lowest BCUT2D eigenvalue weighted by Crippen LogP contribution is -2.29. The Morgan fingerprint density at radius 1 is 1.05 bits per heavy atom. The van der Waals surface area contributed by atoms with Crippen molar-refractivity contribution in [1.82, 2.24) is 10.7 Å². The summed E-state index contributed by atoms with van der Waals surface area (Å²) in [6, 6.07) is 21.6. The predicted molar refractivity (Wildman–Crippen MR) is 139 cm³/mol. The Balaban J connectivity index is 1.49. The second kappa shape index (κ2) is 11.3. The molecule has 1 atom stereocenters. The minimum Gasteiger partial charge on any atom is -0.506 e. The highest BCUT2D eigenvalue weighted by Gasteiger charge is 2.16. The first-order valence-electron chi connectivity index (χ1n) is 11.1. The lowest BCUT2D eigenvalue weighted by Gasteiger charge is -2.13. The van der Waals surface area contributed by atoms with Gasteiger partial charge in [0.15, 0.2) is 0 Å². The maximum absolute atomic E-state index is 13.2. The van der Waals surface area contributed by atoms with Gasteiger partial charge in [-0.25, -0.2) is 9.82 Å². The van der Waals surface area contributed by atoms with E-state index in [4.69, 9.17) is 11.6 Å². The average molecular weight is 515 g/mol. The summed E-state index contributed by atoms with van der Waals surface area (Å²) in [7, 11) is 0. The number of hydrogen-bond donors (Lipinski definition) is 3. The molecule has 0 aromatic heterocycles. The van der Waals surface area contributed by atoms with Gasteiger partial charge in [-0.2, -0.15) is 10.4 Å². The molecule has 3 N–H and O–H groups in total. The molecule has 4 aromatic rings. The van der Waals surface area contributed by atoms with Gasteiger partial charge in [0.05, 0.1) is 23.7 Å². The second-order valence-electron chi connectivity index (χ2n) is 8.08. The molecule has 9 heteroatoms. The van der Waals surface area contributed by atoms with Crippen LogP contribution >= 0.6 is 11.6 Å². The second-order valence-corrected chi connectivity index (χ2v) is 8.49. The summed E-state index contributed by atoms with van der Waals surface area (Å²) >= 11 is 5.85. The van der Waals surface area contributed by atoms with Crippen LogP contribution in [-0.2, 0) is 11.2 Å². The fourth-order valence-corrected chi connectivity index (χ4v) is 3.94. The van der Waals surface area contributed by atoms with Gasteiger partial charge in [-0.15, -0.1) is 0 Å². The maximum atomic E-state index is 13.2. The highest BCUT2D eigenvalue weighted by molar-refractivity contribution is 6.32. The van der Waals surface area contributed by atoms with Crippen LogP contribution in [0.2, 0.25) is 5.02 Å². The van der Waals surface area contributed by atoms with Crippen molar-refractivity contribution in [2.24, 2.45) is 5.10 Å². The normalized spacial score (nSPS) is 11.7. The maximum Gasteiger partial charge on any atom is 0.271 e. The average Bonchev–Trinajstić information content (AvgIpc) is 2.90. The van der Waals surface area contributed by atoms with Crippen LogP contribution in [0.1, 0.15) is 33.1 Å². The first kappa shape index (κ1) is 25.4. The Morgan fingerprint density at radius 2 is 1.78 bits per heavy atom. The molecular weight excluding hydrogens is 495 g/mol. The molecule has 0 spiro atoms. The van der Waals surface area contributed by atoms with Gasteiger partial charge in [0.2, 0.25) is 5.91 Å². The van der Waals surface area contributed by atoms with Crippen molar-refractivity contribution >= 4 is 40.4 Å². The van der Waals surface area contributed by atoms with Gasteiger partial charge in [0.1, 0.15) is 17.6 Å². The third kappa shape index (κ3) is 6.10. The molecule has 4 rings (SSSR count). The van der Waals surface area contributed by atoms with E-state index in [2.05, 4.69) is 15.8 Å². The summed E-state index contributed by atoms with van der Waals surface area (Å²) in [5.74, 6) is -1.40. The summed E-state index contributed by atoms with van der Waals surface area (Å²) < 4.78 is 13.2. The number of carbonyl (C=O) groups is 2. The molecule has 0 aliphatic carbocycles. The summed E-state index contributed by atoms with van der Waals surface area (Å²) in [6.07, 6.45) is 1.52. The summed E-state index contributed by atoms with van der Waals surface area (Å²) in [6.45, 7) is 0. The number of phenols is 1. The quantitative estimate of drug-likeness (QED) is 0.237. The summed E-state index contributed by atoms with van der Waals surface area (Å²) in [4.78, 5) is 25.1. The van der Waals surface area contributed by atoms with E-state index in [1.54, 1.807) is 12.1 Å². The zero-order valence-corrected chi connectivity index (χ0v) is 20.0. The number of nitrogens with zero attached hydrogens (tertiary/aromatic N) is 2. The predicted octanol–water partition coefficient (Wildman–Crippen LogP) is 5.03. The van der Waals surface area contributed by atoms with Crippen LogP contribution in [-0.4, -0.2) is 23.1 Å². The monoisotopic (exact) mass is 514 g/mol. The SMILES string of the molecule is N#CC(NC(=O)Cc1ccc(/C=N/NC(=O)c2ccc(O)c(Cl)c2)c2ccccc12)c1ccc(F)cc1. The van der Waals surface area contributed by atoms with Crippen LogP contribution in [0.4, 0.5) is 4.39 Å². The number of rotatable bonds is 7. The molecule has 0 aliphatic heterocycles. The molecule has 0 fully saturated rings. The Labute approximate surface area is 216 Å². The molecular formula is C28H20ClFN4O3. The topological polar surface area (TPSA) is 115 Å². The zero-order chi connectivity index (χ0) is 26.4. The van der Waals surface area contributed by atoms with Gasteiger partial charge in [-0.05, 0) is 52.2 Å². The van der Waals surface area contributed by atoms with Crippen LogP contribution in [0.3, 0.4) is 0 Å². The smallest absolute Gasteiger partial charge is 0.271 e. The van der Waals surface area contributed by atoms with Crippen molar-refractivity contribution < 1.29 is 19.1 Å². The van der Waals surface area contributed by atoms with Crippen LogP contribution < -0.4 is 10.7 Å². The van der Waals surface area contributed by atoms with Crippen molar-refractivity contribution in [2.75, 3.05) is 0 Å². The number of carbonyl (C=O) groups excluding carboxylic acids is 2. The van der Waals surface area contributed by atoms with E-state index >= 15 is 0 Å². The van der Waals surface area contributed by atoms with Gasteiger partial charge in [0, 0.05) is 11.1 Å². The molecule has 184 valence electrons. The highest BCUT2D eigenvalue weighted by atomic mass is 35.5. The lowest BCUT2D eigenvalue weighted by molar-refractivity contribution is -0.120. The van der Waals surface area contributed by atoms with Crippen molar-refractivity contribution in [3.8, 4) is 11.8 Å². The van der Waals surface area contributed by atoms with Crippen LogP contribution in [0.25, 0.3) is 10.8 Å². The van der Waals surface area contributed by atoms with Gasteiger partial charge >= 0.3 is 0 Å². The number of hydrazone groups is 1. The van der Waals surface area contributed by atoms with E-state index in [1.807, 2.05) is 30.3 Å². The van der Waals surface area contributed by atoms with E-state index < -0.39 is 17.8 Å². The molecule has 37 heavy (non-hydrogen) atoms. The summed E-state index contributed by atoms with van der Waals surface area (Å²) in [5, 5.41) is 27.4. The molecule has 2 amide bonds. The Morgan fingerprint density at radius 3 is 2.49 bits per heavy atom. The van der Waals surface area contributed by atoms with Crippen molar-refractivity contribution in [2.45, 2.75) is 12.5 Å². The molecule has 0 saturated heterocycles. The van der Waals surface area contributed by atoms with Gasteiger partial charge in [-0.1, -0.05) is 60.1 Å². The molecule has 1 unspecified atom stereocenters. The number of nitrogens with one attached hydrogen (secondary N) is 2. The lowest BCUT2D eigenvalue weighted by atomic mass is 9.97. The number of amides is 2. The fourth-order valence-electron chi connectivity index (χ4n) is 3.76. The molecule has 0 heterocycles.